The van der Waals surface area contributed by atoms with Crippen molar-refractivity contribution in [1.82, 2.24) is 9.78 Å². The van der Waals surface area contributed by atoms with Crippen LogP contribution in [0.25, 0.3) is 0 Å². The molecule has 0 spiro atoms. The number of nitrogens with two attached hydrogens (primary N) is 1. The Morgan fingerprint density at radius 1 is 1.58 bits per heavy atom. The van der Waals surface area contributed by atoms with Crippen molar-refractivity contribution in [2.24, 2.45) is 18.7 Å². The zero-order valence-electron chi connectivity index (χ0n) is 11.7. The van der Waals surface area contributed by atoms with Crippen LogP contribution in [0, 0.1) is 5.92 Å². The Labute approximate surface area is 119 Å². The van der Waals surface area contributed by atoms with Crippen LogP contribution in [0.2, 0.25) is 5.15 Å². The molecule has 0 bridgehead atoms. The van der Waals surface area contributed by atoms with E-state index in [1.54, 1.807) is 24.9 Å². The largest absolute Gasteiger partial charge is 0.466 e. The number of halogens is 1. The fourth-order valence-corrected chi connectivity index (χ4v) is 2.47. The summed E-state index contributed by atoms with van der Waals surface area (Å²) in [5.41, 5.74) is 6.66. The average molecular weight is 288 g/mol. The van der Waals surface area contributed by atoms with Crippen LogP contribution in [-0.4, -0.2) is 28.9 Å². The number of hydrogen-bond acceptors (Lipinski definition) is 4. The molecule has 0 fully saturated rings. The highest BCUT2D eigenvalue weighted by Gasteiger charge is 2.31. The number of ether oxygens (including phenoxy) is 1. The first-order chi connectivity index (χ1) is 9.06. The normalized spacial score (nSPS) is 14.2. The summed E-state index contributed by atoms with van der Waals surface area (Å²) in [6.07, 6.45) is 3.30. The lowest BCUT2D eigenvalue weighted by atomic mass is 9.84. The predicted octanol–water partition coefficient (Wildman–Crippen LogP) is 2.10. The monoisotopic (exact) mass is 287 g/mol. The summed E-state index contributed by atoms with van der Waals surface area (Å²) in [6, 6.07) is 0. The summed E-state index contributed by atoms with van der Waals surface area (Å²) in [7, 11) is 1.76. The van der Waals surface area contributed by atoms with E-state index in [0.717, 1.165) is 18.4 Å². The van der Waals surface area contributed by atoms with E-state index in [0.29, 0.717) is 18.3 Å². The number of aromatic nitrogens is 2. The van der Waals surface area contributed by atoms with E-state index in [9.17, 15) is 4.79 Å². The van der Waals surface area contributed by atoms with Crippen LogP contribution in [0.3, 0.4) is 0 Å². The Balaban J connectivity index is 3.02. The van der Waals surface area contributed by atoms with Gasteiger partial charge in [0.15, 0.2) is 0 Å². The van der Waals surface area contributed by atoms with Gasteiger partial charge in [0.1, 0.15) is 5.15 Å². The van der Waals surface area contributed by atoms with Gasteiger partial charge in [-0.05, 0) is 13.3 Å². The topological polar surface area (TPSA) is 70.1 Å². The van der Waals surface area contributed by atoms with Crippen LogP contribution in [0.15, 0.2) is 6.20 Å². The maximum atomic E-state index is 12.1. The summed E-state index contributed by atoms with van der Waals surface area (Å²) in [5, 5.41) is 4.64. The van der Waals surface area contributed by atoms with Crippen LogP contribution in [0.1, 0.15) is 38.2 Å². The third kappa shape index (κ3) is 3.70. The van der Waals surface area contributed by atoms with Crippen LogP contribution in [-0.2, 0) is 16.6 Å². The van der Waals surface area contributed by atoms with E-state index < -0.39 is 0 Å². The van der Waals surface area contributed by atoms with Gasteiger partial charge in [0, 0.05) is 25.1 Å². The van der Waals surface area contributed by atoms with Crippen molar-refractivity contribution in [3.63, 3.8) is 0 Å². The van der Waals surface area contributed by atoms with Gasteiger partial charge in [-0.1, -0.05) is 24.9 Å². The lowest BCUT2D eigenvalue weighted by molar-refractivity contribution is -0.149. The Morgan fingerprint density at radius 2 is 2.26 bits per heavy atom. The summed E-state index contributed by atoms with van der Waals surface area (Å²) in [4.78, 5) is 12.1. The summed E-state index contributed by atoms with van der Waals surface area (Å²) >= 11 is 6.20. The molecule has 0 saturated carbocycles. The minimum Gasteiger partial charge on any atom is -0.466 e. The van der Waals surface area contributed by atoms with E-state index in [1.165, 1.54) is 0 Å². The van der Waals surface area contributed by atoms with E-state index in [4.69, 9.17) is 22.1 Å². The highest BCUT2D eigenvalue weighted by Crippen LogP contribution is 2.32. The van der Waals surface area contributed by atoms with Crippen LogP contribution >= 0.6 is 11.6 Å². The van der Waals surface area contributed by atoms with Gasteiger partial charge in [-0.25, -0.2) is 0 Å². The third-order valence-electron chi connectivity index (χ3n) is 3.22. The smallest absolute Gasteiger partial charge is 0.309 e. The van der Waals surface area contributed by atoms with Gasteiger partial charge >= 0.3 is 5.97 Å². The fourth-order valence-electron chi connectivity index (χ4n) is 2.24. The molecule has 0 aliphatic carbocycles. The van der Waals surface area contributed by atoms with Crippen LogP contribution < -0.4 is 5.73 Å². The maximum absolute atomic E-state index is 12.1. The lowest BCUT2D eigenvalue weighted by Crippen LogP contribution is -2.29. The molecule has 108 valence electrons. The quantitative estimate of drug-likeness (QED) is 0.780. The van der Waals surface area contributed by atoms with E-state index in [1.807, 2.05) is 6.92 Å². The van der Waals surface area contributed by atoms with E-state index in [-0.39, 0.29) is 17.8 Å². The fraction of sp³-hybridized carbons (Fsp3) is 0.692. The molecule has 0 amide bonds. The van der Waals surface area contributed by atoms with Gasteiger partial charge < -0.3 is 10.5 Å². The van der Waals surface area contributed by atoms with Gasteiger partial charge in [0.05, 0.1) is 18.7 Å². The van der Waals surface area contributed by atoms with Crippen molar-refractivity contribution in [1.29, 1.82) is 0 Å². The second kappa shape index (κ2) is 7.50. The summed E-state index contributed by atoms with van der Waals surface area (Å²) in [6.45, 7) is 4.55. The van der Waals surface area contributed by atoms with E-state index in [2.05, 4.69) is 5.10 Å². The molecule has 0 aliphatic heterocycles. The molecule has 0 radical (unpaired) electrons. The number of hydrogen-bond donors (Lipinski definition) is 1. The van der Waals surface area contributed by atoms with Crippen LogP contribution in [0.4, 0.5) is 0 Å². The zero-order valence-corrected chi connectivity index (χ0v) is 12.5. The van der Waals surface area contributed by atoms with Gasteiger partial charge in [-0.2, -0.15) is 5.10 Å². The minimum absolute atomic E-state index is 0.153. The standard InChI is InChI=1S/C13H22ClN3O2/c1-4-6-9(13(18)19-5-2)10(7-15)11-8-16-17(3)12(11)14/h8-10H,4-7,15H2,1-3H3. The van der Waals surface area contributed by atoms with Crippen LogP contribution in [0.5, 0.6) is 0 Å². The molecule has 1 rings (SSSR count). The first-order valence-electron chi connectivity index (χ1n) is 6.60. The van der Waals surface area contributed by atoms with Gasteiger partial charge in [0.25, 0.3) is 0 Å². The molecule has 0 aromatic carbocycles. The van der Waals surface area contributed by atoms with Gasteiger partial charge in [-0.15, -0.1) is 0 Å². The SMILES string of the molecule is CCCC(C(=O)OCC)C(CN)c1cnn(C)c1Cl. The second-order valence-corrected chi connectivity index (χ2v) is 4.86. The van der Waals surface area contributed by atoms with Crippen molar-refractivity contribution in [2.45, 2.75) is 32.6 Å². The molecule has 2 unspecified atom stereocenters. The molecule has 2 N–H and O–H groups in total. The van der Waals surface area contributed by atoms with Gasteiger partial charge in [-0.3, -0.25) is 9.48 Å². The van der Waals surface area contributed by atoms with Gasteiger partial charge in [0.2, 0.25) is 0 Å². The minimum atomic E-state index is -0.267. The van der Waals surface area contributed by atoms with Crippen molar-refractivity contribution in [3.8, 4) is 0 Å². The van der Waals surface area contributed by atoms with Crippen molar-refractivity contribution >= 4 is 17.6 Å². The molecule has 1 heterocycles. The molecule has 0 aliphatic rings. The molecule has 6 heteroatoms. The molecule has 0 saturated heterocycles. The molecule has 19 heavy (non-hydrogen) atoms. The Kier molecular flexibility index (Phi) is 6.31. The Hall–Kier alpha value is -1.07. The third-order valence-corrected chi connectivity index (χ3v) is 3.68. The zero-order chi connectivity index (χ0) is 14.4. The molecule has 2 atom stereocenters. The second-order valence-electron chi connectivity index (χ2n) is 4.50. The van der Waals surface area contributed by atoms with E-state index >= 15 is 0 Å². The number of rotatable bonds is 7. The predicted molar refractivity (Wildman–Crippen MR) is 75.0 cm³/mol. The number of aryl methyl sites for hydroxylation is 1. The molecular weight excluding hydrogens is 266 g/mol. The molecule has 1 aromatic rings. The number of nitrogens with zero attached hydrogens (tertiary/aromatic N) is 2. The first-order valence-corrected chi connectivity index (χ1v) is 6.98. The highest BCUT2D eigenvalue weighted by atomic mass is 35.5. The summed E-state index contributed by atoms with van der Waals surface area (Å²) < 4.78 is 6.72. The van der Waals surface area contributed by atoms with Crippen molar-refractivity contribution in [2.75, 3.05) is 13.2 Å². The van der Waals surface area contributed by atoms with Crippen molar-refractivity contribution in [3.05, 3.63) is 16.9 Å². The number of carbonyl (C=O) groups is 1. The number of esters is 1. The highest BCUT2D eigenvalue weighted by molar-refractivity contribution is 6.30. The maximum Gasteiger partial charge on any atom is 0.309 e. The number of carbonyl (C=O) groups excluding carboxylic acids is 1. The Bertz CT molecular complexity index is 420. The molecule has 5 nitrogen and oxygen atoms in total. The first kappa shape index (κ1) is 16.0. The Morgan fingerprint density at radius 3 is 2.68 bits per heavy atom. The average Bonchev–Trinajstić information content (AvgIpc) is 2.71. The lowest BCUT2D eigenvalue weighted by Gasteiger charge is -2.23. The molecule has 1 aromatic heterocycles. The van der Waals surface area contributed by atoms with Crippen molar-refractivity contribution < 1.29 is 9.53 Å². The molecular formula is C13H22ClN3O2. The summed E-state index contributed by atoms with van der Waals surface area (Å²) in [5.74, 6) is -0.628.